The number of ether oxygens (including phenoxy) is 2. The third kappa shape index (κ3) is 6.57. The normalized spacial score (nSPS) is 11.5. The number of carbonyl (C=O) groups excluding carboxylic acids is 2. The Morgan fingerprint density at radius 2 is 1.82 bits per heavy atom. The molecule has 3 aromatic rings. The Bertz CT molecular complexity index is 1170. The van der Waals surface area contributed by atoms with Crippen LogP contribution in [0, 0.1) is 5.92 Å². The number of carbonyl (C=O) groups is 2. The summed E-state index contributed by atoms with van der Waals surface area (Å²) in [5.41, 5.74) is 4.87. The molecule has 3 rings (SSSR count). The second-order valence-electron chi connectivity index (χ2n) is 8.28. The summed E-state index contributed by atoms with van der Waals surface area (Å²) in [4.78, 5) is 24.9. The largest absolute Gasteiger partial charge is 0.493 e. The third-order valence-electron chi connectivity index (χ3n) is 5.36. The minimum Gasteiger partial charge on any atom is -0.493 e. The van der Waals surface area contributed by atoms with E-state index in [1.165, 1.54) is 18.9 Å². The minimum absolute atomic E-state index is 0.194. The van der Waals surface area contributed by atoms with Crippen LogP contribution in [-0.2, 0) is 4.79 Å². The molecule has 0 saturated carbocycles. The van der Waals surface area contributed by atoms with Crippen molar-refractivity contribution >= 4 is 38.9 Å². The van der Waals surface area contributed by atoms with Gasteiger partial charge in [0, 0.05) is 26.6 Å². The molecule has 2 amide bonds. The summed E-state index contributed by atoms with van der Waals surface area (Å²) in [6.45, 7) is 4.19. The lowest BCUT2D eigenvalue weighted by Gasteiger charge is -2.10. The maximum Gasteiger partial charge on any atom is 0.259 e. The van der Waals surface area contributed by atoms with Crippen LogP contribution in [0.4, 0.5) is 0 Å². The first-order valence-corrected chi connectivity index (χ1v) is 12.1. The monoisotopic (exact) mass is 481 g/mol. The van der Waals surface area contributed by atoms with Crippen molar-refractivity contribution in [2.45, 2.75) is 33.1 Å². The molecule has 7 nitrogen and oxygen atoms in total. The molecular weight excluding hydrogens is 450 g/mol. The van der Waals surface area contributed by atoms with Crippen molar-refractivity contribution in [2.75, 3.05) is 20.8 Å². The van der Waals surface area contributed by atoms with Crippen LogP contribution in [0.15, 0.2) is 52.9 Å². The molecule has 0 fully saturated rings. The standard InChI is InChI=1S/C26H31N3O4S/c1-17(2)8-7-10-21(20-16-34-24-11-6-5-9-19(20)24)28-29-25(30)15-27-26(31)18-12-13-22(32-3)23(14-18)33-4/h5-6,9,11-14,16-17H,7-8,10,15H2,1-4H3,(H,27,31)(H,29,30). The second-order valence-corrected chi connectivity index (χ2v) is 9.19. The Balaban J connectivity index is 1.66. The SMILES string of the molecule is COc1ccc(C(=O)NCC(=O)NN=C(CCCC(C)C)c2csc3ccccc23)cc1OC. The van der Waals surface area contributed by atoms with E-state index in [9.17, 15) is 9.59 Å². The molecule has 2 aromatic carbocycles. The first kappa shape index (κ1) is 25.2. The predicted octanol–water partition coefficient (Wildman–Crippen LogP) is 5.00. The number of amides is 2. The second kappa shape index (κ2) is 12.2. The fraction of sp³-hybridized carbons (Fsp3) is 0.346. The van der Waals surface area contributed by atoms with Crippen LogP contribution in [0.1, 0.15) is 49.0 Å². The molecule has 0 aliphatic carbocycles. The van der Waals surface area contributed by atoms with Gasteiger partial charge in [0.2, 0.25) is 0 Å². The van der Waals surface area contributed by atoms with E-state index < -0.39 is 5.91 Å². The molecule has 0 aliphatic rings. The van der Waals surface area contributed by atoms with Gasteiger partial charge in [-0.1, -0.05) is 38.5 Å². The van der Waals surface area contributed by atoms with Gasteiger partial charge in [0.15, 0.2) is 11.5 Å². The minimum atomic E-state index is -0.394. The van der Waals surface area contributed by atoms with Gasteiger partial charge >= 0.3 is 0 Å². The third-order valence-corrected chi connectivity index (χ3v) is 6.32. The van der Waals surface area contributed by atoms with Gasteiger partial charge in [-0.25, -0.2) is 5.43 Å². The average Bonchev–Trinajstić information content (AvgIpc) is 3.28. The summed E-state index contributed by atoms with van der Waals surface area (Å²) in [7, 11) is 3.03. The molecule has 34 heavy (non-hydrogen) atoms. The number of hydrazone groups is 1. The predicted molar refractivity (Wildman–Crippen MR) is 137 cm³/mol. The van der Waals surface area contributed by atoms with E-state index in [-0.39, 0.29) is 12.5 Å². The van der Waals surface area contributed by atoms with Gasteiger partial charge in [-0.2, -0.15) is 5.10 Å². The molecule has 1 heterocycles. The molecule has 180 valence electrons. The number of nitrogens with one attached hydrogen (secondary N) is 2. The van der Waals surface area contributed by atoms with E-state index in [0.29, 0.717) is 23.0 Å². The van der Waals surface area contributed by atoms with Crippen molar-refractivity contribution in [1.82, 2.24) is 10.7 Å². The van der Waals surface area contributed by atoms with Crippen molar-refractivity contribution in [2.24, 2.45) is 11.0 Å². The van der Waals surface area contributed by atoms with Gasteiger partial charge in [0.25, 0.3) is 11.8 Å². The van der Waals surface area contributed by atoms with Gasteiger partial charge in [0.1, 0.15) is 0 Å². The molecule has 1 aromatic heterocycles. The first-order chi connectivity index (χ1) is 16.4. The first-order valence-electron chi connectivity index (χ1n) is 11.2. The summed E-state index contributed by atoms with van der Waals surface area (Å²) < 4.78 is 11.6. The number of hydrogen-bond acceptors (Lipinski definition) is 6. The zero-order valence-electron chi connectivity index (χ0n) is 20.0. The number of nitrogens with zero attached hydrogens (tertiary/aromatic N) is 1. The van der Waals surface area contributed by atoms with Gasteiger partial charge in [-0.15, -0.1) is 11.3 Å². The molecule has 0 saturated heterocycles. The highest BCUT2D eigenvalue weighted by molar-refractivity contribution is 7.17. The van der Waals surface area contributed by atoms with Crippen LogP contribution in [0.2, 0.25) is 0 Å². The highest BCUT2D eigenvalue weighted by atomic mass is 32.1. The molecule has 2 N–H and O–H groups in total. The smallest absolute Gasteiger partial charge is 0.259 e. The zero-order valence-corrected chi connectivity index (χ0v) is 20.8. The summed E-state index contributed by atoms with van der Waals surface area (Å²) in [6, 6.07) is 13.0. The molecule has 8 heteroatoms. The number of hydrogen-bond donors (Lipinski definition) is 2. The van der Waals surface area contributed by atoms with Crippen molar-refractivity contribution < 1.29 is 19.1 Å². The molecular formula is C26H31N3O4S. The Labute approximate surface area is 204 Å². The molecule has 0 bridgehead atoms. The maximum atomic E-state index is 12.5. The number of rotatable bonds is 11. The van der Waals surface area contributed by atoms with E-state index in [1.807, 2.05) is 12.1 Å². The fourth-order valence-corrected chi connectivity index (χ4v) is 4.51. The van der Waals surface area contributed by atoms with Crippen molar-refractivity contribution in [3.05, 3.63) is 59.0 Å². The Kier molecular flexibility index (Phi) is 9.04. The van der Waals surface area contributed by atoms with E-state index >= 15 is 0 Å². The van der Waals surface area contributed by atoms with Crippen molar-refractivity contribution in [1.29, 1.82) is 0 Å². The Hall–Kier alpha value is -3.39. The van der Waals surface area contributed by atoms with Gasteiger partial charge in [-0.3, -0.25) is 9.59 Å². The molecule has 0 aliphatic heterocycles. The van der Waals surface area contributed by atoms with E-state index in [1.54, 1.807) is 29.5 Å². The Morgan fingerprint density at radius 3 is 2.56 bits per heavy atom. The topological polar surface area (TPSA) is 89.0 Å². The van der Waals surface area contributed by atoms with E-state index in [4.69, 9.17) is 9.47 Å². The van der Waals surface area contributed by atoms with Crippen LogP contribution in [0.3, 0.4) is 0 Å². The highest BCUT2D eigenvalue weighted by Crippen LogP contribution is 2.28. The maximum absolute atomic E-state index is 12.5. The van der Waals surface area contributed by atoms with Gasteiger partial charge < -0.3 is 14.8 Å². The number of thiophene rings is 1. The summed E-state index contributed by atoms with van der Waals surface area (Å²) in [5.74, 6) is 0.785. The van der Waals surface area contributed by atoms with Crippen LogP contribution in [-0.4, -0.2) is 38.3 Å². The summed E-state index contributed by atoms with van der Waals surface area (Å²) >= 11 is 1.66. The van der Waals surface area contributed by atoms with Crippen molar-refractivity contribution in [3.8, 4) is 11.5 Å². The summed E-state index contributed by atoms with van der Waals surface area (Å²) in [5, 5.41) is 10.3. The molecule has 0 spiro atoms. The number of benzene rings is 2. The molecule has 0 radical (unpaired) electrons. The van der Waals surface area contributed by atoms with Crippen molar-refractivity contribution in [3.63, 3.8) is 0 Å². The van der Waals surface area contributed by atoms with Gasteiger partial charge in [0.05, 0.1) is 26.5 Å². The highest BCUT2D eigenvalue weighted by Gasteiger charge is 2.14. The lowest BCUT2D eigenvalue weighted by molar-refractivity contribution is -0.120. The Morgan fingerprint density at radius 1 is 1.06 bits per heavy atom. The summed E-state index contributed by atoms with van der Waals surface area (Å²) in [6.07, 6.45) is 2.82. The van der Waals surface area contributed by atoms with Crippen LogP contribution >= 0.6 is 11.3 Å². The quantitative estimate of drug-likeness (QED) is 0.298. The number of fused-ring (bicyclic) bond motifs is 1. The molecule has 0 unspecified atom stereocenters. The zero-order chi connectivity index (χ0) is 24.5. The number of methoxy groups -OCH3 is 2. The van der Waals surface area contributed by atoms with Crippen LogP contribution in [0.5, 0.6) is 11.5 Å². The van der Waals surface area contributed by atoms with E-state index in [0.717, 1.165) is 35.9 Å². The van der Waals surface area contributed by atoms with E-state index in [2.05, 4.69) is 47.2 Å². The molecule has 0 atom stereocenters. The average molecular weight is 482 g/mol. The van der Waals surface area contributed by atoms with Crippen LogP contribution < -0.4 is 20.2 Å². The lowest BCUT2D eigenvalue weighted by Crippen LogP contribution is -2.35. The lowest BCUT2D eigenvalue weighted by atomic mass is 10.0. The van der Waals surface area contributed by atoms with Crippen LogP contribution in [0.25, 0.3) is 10.1 Å². The fourth-order valence-electron chi connectivity index (χ4n) is 3.54. The van der Waals surface area contributed by atoms with Gasteiger partial charge in [-0.05, 0) is 43.0 Å².